The number of esters is 1. The van der Waals surface area contributed by atoms with Crippen molar-refractivity contribution in [3.8, 4) is 0 Å². The van der Waals surface area contributed by atoms with Crippen molar-refractivity contribution in [2.45, 2.75) is 23.8 Å². The predicted octanol–water partition coefficient (Wildman–Crippen LogP) is -0.303. The van der Waals surface area contributed by atoms with Gasteiger partial charge in [-0.2, -0.15) is 4.31 Å². The van der Waals surface area contributed by atoms with E-state index in [0.29, 0.717) is 0 Å². The van der Waals surface area contributed by atoms with Gasteiger partial charge < -0.3 is 14.8 Å². The van der Waals surface area contributed by atoms with Crippen LogP contribution in [0.15, 0.2) is 23.1 Å². The lowest BCUT2D eigenvalue weighted by atomic mass is 10.0. The fraction of sp³-hybridized carbons (Fsp3) is 0.556. The van der Waals surface area contributed by atoms with Crippen LogP contribution in [0.1, 0.15) is 23.7 Å². The normalized spacial score (nSPS) is 23.9. The standard InChI is InChI=1S/C18H23FN2O8S2/c1-18(4-9-30(24,25)12-18)20-16(22)11-29-17(23)13-2-3-14(19)15(10-13)31(26,27)21-5-7-28-8-6-21/h2-3,10H,4-9,11-12H2,1H3,(H,20,22). The molecule has 2 fully saturated rings. The van der Waals surface area contributed by atoms with Crippen LogP contribution in [0.2, 0.25) is 0 Å². The van der Waals surface area contributed by atoms with Gasteiger partial charge in [0.25, 0.3) is 5.91 Å². The average molecular weight is 479 g/mol. The number of rotatable bonds is 6. The SMILES string of the molecule is CC1(NC(=O)COC(=O)c2ccc(F)c(S(=O)(=O)N3CCOCC3)c2)CCS(=O)(=O)C1. The summed E-state index contributed by atoms with van der Waals surface area (Å²) in [7, 11) is -7.41. The van der Waals surface area contributed by atoms with Gasteiger partial charge in [-0.25, -0.2) is 26.0 Å². The van der Waals surface area contributed by atoms with Gasteiger partial charge in [0, 0.05) is 13.1 Å². The molecule has 10 nitrogen and oxygen atoms in total. The number of hydrogen-bond acceptors (Lipinski definition) is 8. The lowest BCUT2D eigenvalue weighted by Gasteiger charge is -2.26. The van der Waals surface area contributed by atoms with Crippen LogP contribution < -0.4 is 5.32 Å². The average Bonchev–Trinajstić information content (AvgIpc) is 2.99. The Bertz CT molecular complexity index is 1080. The largest absolute Gasteiger partial charge is 0.452 e. The van der Waals surface area contributed by atoms with Crippen molar-refractivity contribution in [2.24, 2.45) is 0 Å². The Morgan fingerprint density at radius 2 is 1.97 bits per heavy atom. The molecule has 0 aromatic heterocycles. The minimum absolute atomic E-state index is 0.0421. The minimum Gasteiger partial charge on any atom is -0.452 e. The summed E-state index contributed by atoms with van der Waals surface area (Å²) in [5.74, 6) is -2.98. The summed E-state index contributed by atoms with van der Waals surface area (Å²) in [5, 5.41) is 2.54. The van der Waals surface area contributed by atoms with Crippen LogP contribution in [0.25, 0.3) is 0 Å². The second-order valence-electron chi connectivity index (χ2n) is 7.69. The summed E-state index contributed by atoms with van der Waals surface area (Å²) in [6.45, 7) is 1.36. The van der Waals surface area contributed by atoms with E-state index in [9.17, 15) is 30.8 Å². The molecule has 2 saturated heterocycles. The molecular formula is C18H23FN2O8S2. The van der Waals surface area contributed by atoms with E-state index in [2.05, 4.69) is 5.32 Å². The van der Waals surface area contributed by atoms with Crippen molar-refractivity contribution in [2.75, 3.05) is 44.4 Å². The lowest BCUT2D eigenvalue weighted by Crippen LogP contribution is -2.48. The van der Waals surface area contributed by atoms with Crippen molar-refractivity contribution in [1.82, 2.24) is 9.62 Å². The van der Waals surface area contributed by atoms with E-state index in [1.807, 2.05) is 0 Å². The molecule has 1 aromatic rings. The number of sulfone groups is 1. The Morgan fingerprint density at radius 3 is 2.58 bits per heavy atom. The van der Waals surface area contributed by atoms with Crippen LogP contribution in [0.3, 0.4) is 0 Å². The first-order valence-electron chi connectivity index (χ1n) is 9.48. The Morgan fingerprint density at radius 1 is 1.29 bits per heavy atom. The highest BCUT2D eigenvalue weighted by Crippen LogP contribution is 2.23. The molecule has 1 amide bonds. The highest BCUT2D eigenvalue weighted by Gasteiger charge is 2.39. The van der Waals surface area contributed by atoms with E-state index < -0.39 is 54.6 Å². The van der Waals surface area contributed by atoms with Gasteiger partial charge in [0.15, 0.2) is 16.4 Å². The highest BCUT2D eigenvalue weighted by molar-refractivity contribution is 7.91. The number of morpholine rings is 1. The second-order valence-corrected chi connectivity index (χ2v) is 11.8. The van der Waals surface area contributed by atoms with Crippen LogP contribution in [-0.4, -0.2) is 83.0 Å². The van der Waals surface area contributed by atoms with Crippen molar-refractivity contribution >= 4 is 31.7 Å². The lowest BCUT2D eigenvalue weighted by molar-refractivity contribution is -0.125. The number of amides is 1. The molecule has 0 spiro atoms. The van der Waals surface area contributed by atoms with E-state index in [1.54, 1.807) is 6.92 Å². The maximum Gasteiger partial charge on any atom is 0.338 e. The zero-order chi connectivity index (χ0) is 22.9. The maximum atomic E-state index is 14.2. The molecule has 1 aromatic carbocycles. The third-order valence-corrected chi connectivity index (χ3v) is 8.85. The Hall–Kier alpha value is -2.09. The molecule has 1 atom stereocenters. The fourth-order valence-corrected chi connectivity index (χ4v) is 7.04. The van der Waals surface area contributed by atoms with Gasteiger partial charge >= 0.3 is 5.97 Å². The van der Waals surface area contributed by atoms with Gasteiger partial charge in [-0.1, -0.05) is 0 Å². The van der Waals surface area contributed by atoms with E-state index in [4.69, 9.17) is 9.47 Å². The number of carbonyl (C=O) groups excluding carboxylic acids is 2. The molecule has 2 aliphatic heterocycles. The maximum absolute atomic E-state index is 14.2. The van der Waals surface area contributed by atoms with E-state index >= 15 is 0 Å². The molecule has 31 heavy (non-hydrogen) atoms. The third-order valence-electron chi connectivity index (χ3n) is 5.03. The summed E-state index contributed by atoms with van der Waals surface area (Å²) in [6, 6.07) is 2.76. The molecular weight excluding hydrogens is 455 g/mol. The number of benzene rings is 1. The molecule has 13 heteroatoms. The molecule has 2 heterocycles. The topological polar surface area (TPSA) is 136 Å². The number of sulfonamides is 1. The van der Waals surface area contributed by atoms with E-state index in [1.165, 1.54) is 0 Å². The molecule has 1 N–H and O–H groups in total. The van der Waals surface area contributed by atoms with Crippen LogP contribution in [-0.2, 0) is 34.1 Å². The predicted molar refractivity (Wildman–Crippen MR) is 106 cm³/mol. The van der Waals surface area contributed by atoms with Gasteiger partial charge in [-0.05, 0) is 31.5 Å². The van der Waals surface area contributed by atoms with Gasteiger partial charge in [0.05, 0.1) is 35.8 Å². The molecule has 3 rings (SSSR count). The fourth-order valence-electron chi connectivity index (χ4n) is 3.45. The van der Waals surface area contributed by atoms with Gasteiger partial charge in [-0.3, -0.25) is 4.79 Å². The van der Waals surface area contributed by atoms with Crippen molar-refractivity contribution in [3.63, 3.8) is 0 Å². The zero-order valence-corrected chi connectivity index (χ0v) is 18.4. The first kappa shape index (κ1) is 23.6. The molecule has 0 saturated carbocycles. The number of ether oxygens (including phenoxy) is 2. The summed E-state index contributed by atoms with van der Waals surface area (Å²) >= 11 is 0. The smallest absolute Gasteiger partial charge is 0.338 e. The minimum atomic E-state index is -4.18. The van der Waals surface area contributed by atoms with Gasteiger partial charge in [0.1, 0.15) is 10.7 Å². The molecule has 172 valence electrons. The molecule has 2 aliphatic rings. The third kappa shape index (κ3) is 5.59. The first-order chi connectivity index (χ1) is 14.4. The van der Waals surface area contributed by atoms with Gasteiger partial charge in [0.2, 0.25) is 10.0 Å². The Labute approximate surface area is 179 Å². The number of nitrogens with one attached hydrogen (secondary N) is 1. The molecule has 0 bridgehead atoms. The number of halogens is 1. The quantitative estimate of drug-likeness (QED) is 0.550. The highest BCUT2D eigenvalue weighted by atomic mass is 32.2. The Kier molecular flexibility index (Phi) is 6.69. The van der Waals surface area contributed by atoms with Crippen LogP contribution in [0.4, 0.5) is 4.39 Å². The molecule has 1 unspecified atom stereocenters. The Balaban J connectivity index is 1.66. The van der Waals surface area contributed by atoms with E-state index in [-0.39, 0.29) is 49.8 Å². The van der Waals surface area contributed by atoms with Crippen molar-refractivity contribution < 1.29 is 40.3 Å². The first-order valence-corrected chi connectivity index (χ1v) is 12.7. The zero-order valence-electron chi connectivity index (χ0n) is 16.8. The summed E-state index contributed by atoms with van der Waals surface area (Å²) < 4.78 is 73.9. The monoisotopic (exact) mass is 478 g/mol. The summed E-state index contributed by atoms with van der Waals surface area (Å²) in [4.78, 5) is 23.7. The van der Waals surface area contributed by atoms with Gasteiger partial charge in [-0.15, -0.1) is 0 Å². The van der Waals surface area contributed by atoms with Crippen molar-refractivity contribution in [1.29, 1.82) is 0 Å². The number of hydrogen-bond donors (Lipinski definition) is 1. The summed E-state index contributed by atoms with van der Waals surface area (Å²) in [5.41, 5.74) is -1.19. The summed E-state index contributed by atoms with van der Waals surface area (Å²) in [6.07, 6.45) is 0.246. The molecule has 0 aliphatic carbocycles. The van der Waals surface area contributed by atoms with E-state index in [0.717, 1.165) is 22.5 Å². The van der Waals surface area contributed by atoms with Crippen LogP contribution >= 0.6 is 0 Å². The second kappa shape index (κ2) is 8.81. The van der Waals surface area contributed by atoms with Crippen molar-refractivity contribution in [3.05, 3.63) is 29.6 Å². The number of nitrogens with zero attached hydrogens (tertiary/aromatic N) is 1. The molecule has 0 radical (unpaired) electrons. The number of carbonyl (C=O) groups is 2. The van der Waals surface area contributed by atoms with Crippen LogP contribution in [0.5, 0.6) is 0 Å². The van der Waals surface area contributed by atoms with Crippen LogP contribution in [0, 0.1) is 5.82 Å².